The van der Waals surface area contributed by atoms with Crippen LogP contribution in [0.4, 0.5) is 0 Å². The predicted molar refractivity (Wildman–Crippen MR) is 69.1 cm³/mol. The van der Waals surface area contributed by atoms with Gasteiger partial charge >= 0.3 is 0 Å². The van der Waals surface area contributed by atoms with Gasteiger partial charge in [-0.15, -0.1) is 11.3 Å². The third-order valence-corrected chi connectivity index (χ3v) is 3.68. The molecule has 1 atom stereocenters. The smallest absolute Gasteiger partial charge is 0.0931 e. The summed E-state index contributed by atoms with van der Waals surface area (Å²) in [6.07, 6.45) is 2.74. The zero-order valence-electron chi connectivity index (χ0n) is 8.98. The highest BCUT2D eigenvalue weighted by atomic mass is 35.5. The van der Waals surface area contributed by atoms with Crippen LogP contribution in [-0.2, 0) is 6.42 Å². The summed E-state index contributed by atoms with van der Waals surface area (Å²) in [5, 5.41) is 3.28. The van der Waals surface area contributed by atoms with Crippen LogP contribution >= 0.6 is 22.9 Å². The Morgan fingerprint density at radius 1 is 1.38 bits per heavy atom. The topological polar surface area (TPSA) is 24.9 Å². The minimum absolute atomic E-state index is 0.246. The standard InChI is InChI=1S/C12H13ClN2S/c1-14-11(10-4-2-3-7-15-10)8-9-5-6-12(13)16-9/h2-7,11,14H,8H2,1H3. The first-order chi connectivity index (χ1) is 7.79. The van der Waals surface area contributed by atoms with Gasteiger partial charge in [0.2, 0.25) is 0 Å². The van der Waals surface area contributed by atoms with Crippen LogP contribution in [0.3, 0.4) is 0 Å². The number of likely N-dealkylation sites (N-methyl/N-ethyl adjacent to an activating group) is 1. The SMILES string of the molecule is CNC(Cc1ccc(Cl)s1)c1ccccn1. The van der Waals surface area contributed by atoms with Gasteiger partial charge in [-0.05, 0) is 31.3 Å². The molecule has 0 bridgehead atoms. The molecule has 0 saturated carbocycles. The number of rotatable bonds is 4. The number of hydrogen-bond donors (Lipinski definition) is 1. The summed E-state index contributed by atoms with van der Waals surface area (Å²) in [5.41, 5.74) is 1.06. The van der Waals surface area contributed by atoms with Crippen molar-refractivity contribution in [1.29, 1.82) is 0 Å². The van der Waals surface area contributed by atoms with Crippen LogP contribution in [0, 0.1) is 0 Å². The van der Waals surface area contributed by atoms with Crippen LogP contribution in [0.1, 0.15) is 16.6 Å². The summed E-state index contributed by atoms with van der Waals surface area (Å²) in [6.45, 7) is 0. The van der Waals surface area contributed by atoms with Crippen molar-refractivity contribution in [2.24, 2.45) is 0 Å². The number of thiophene rings is 1. The Hall–Kier alpha value is -0.900. The van der Waals surface area contributed by atoms with E-state index in [1.54, 1.807) is 11.3 Å². The third kappa shape index (κ3) is 2.82. The van der Waals surface area contributed by atoms with Crippen LogP contribution in [-0.4, -0.2) is 12.0 Å². The molecule has 16 heavy (non-hydrogen) atoms. The zero-order chi connectivity index (χ0) is 11.4. The molecule has 1 unspecified atom stereocenters. The molecule has 0 aliphatic rings. The average Bonchev–Trinajstić information content (AvgIpc) is 2.73. The second kappa shape index (κ2) is 5.43. The van der Waals surface area contributed by atoms with E-state index < -0.39 is 0 Å². The maximum atomic E-state index is 5.92. The highest BCUT2D eigenvalue weighted by molar-refractivity contribution is 7.16. The van der Waals surface area contributed by atoms with E-state index in [0.717, 1.165) is 16.5 Å². The van der Waals surface area contributed by atoms with E-state index in [9.17, 15) is 0 Å². The summed E-state index contributed by atoms with van der Waals surface area (Å²) in [4.78, 5) is 5.64. The Bertz CT molecular complexity index is 441. The van der Waals surface area contributed by atoms with E-state index in [4.69, 9.17) is 11.6 Å². The molecule has 2 heterocycles. The van der Waals surface area contributed by atoms with E-state index in [1.807, 2.05) is 37.5 Å². The molecule has 0 aliphatic heterocycles. The molecule has 0 radical (unpaired) electrons. The van der Waals surface area contributed by atoms with Gasteiger partial charge in [0.15, 0.2) is 0 Å². The average molecular weight is 253 g/mol. The van der Waals surface area contributed by atoms with E-state index in [-0.39, 0.29) is 6.04 Å². The molecule has 84 valence electrons. The van der Waals surface area contributed by atoms with Crippen molar-refractivity contribution in [3.8, 4) is 0 Å². The second-order valence-corrected chi connectivity index (χ2v) is 5.31. The van der Waals surface area contributed by atoms with Gasteiger partial charge in [-0.3, -0.25) is 4.98 Å². The number of aromatic nitrogens is 1. The van der Waals surface area contributed by atoms with E-state index in [2.05, 4.69) is 16.4 Å². The predicted octanol–water partition coefficient (Wildman–Crippen LogP) is 3.30. The largest absolute Gasteiger partial charge is 0.311 e. The number of halogens is 1. The fraction of sp³-hybridized carbons (Fsp3) is 0.250. The molecular weight excluding hydrogens is 240 g/mol. The number of nitrogens with one attached hydrogen (secondary N) is 1. The number of pyridine rings is 1. The first-order valence-electron chi connectivity index (χ1n) is 5.12. The summed E-state index contributed by atoms with van der Waals surface area (Å²) in [6, 6.07) is 10.2. The Labute approximate surface area is 104 Å². The van der Waals surface area contributed by atoms with E-state index in [1.165, 1.54) is 4.88 Å². The highest BCUT2D eigenvalue weighted by Crippen LogP contribution is 2.25. The molecule has 0 aromatic carbocycles. The zero-order valence-corrected chi connectivity index (χ0v) is 10.6. The Kier molecular flexibility index (Phi) is 3.93. The lowest BCUT2D eigenvalue weighted by Gasteiger charge is -2.14. The molecule has 2 aromatic rings. The van der Waals surface area contributed by atoms with Crippen molar-refractivity contribution < 1.29 is 0 Å². The molecule has 2 rings (SSSR count). The molecule has 4 heteroatoms. The lowest BCUT2D eigenvalue weighted by Crippen LogP contribution is -2.19. The summed E-state index contributed by atoms with van der Waals surface area (Å²) < 4.78 is 0.839. The second-order valence-electron chi connectivity index (χ2n) is 3.51. The van der Waals surface area contributed by atoms with Crippen LogP contribution < -0.4 is 5.32 Å². The molecule has 0 aliphatic carbocycles. The van der Waals surface area contributed by atoms with Crippen LogP contribution in [0.5, 0.6) is 0 Å². The molecule has 2 aromatic heterocycles. The van der Waals surface area contributed by atoms with Gasteiger partial charge in [-0.1, -0.05) is 17.7 Å². The van der Waals surface area contributed by atoms with Crippen molar-refractivity contribution in [3.05, 3.63) is 51.4 Å². The normalized spacial score (nSPS) is 12.6. The minimum Gasteiger partial charge on any atom is -0.311 e. The molecule has 2 nitrogen and oxygen atoms in total. The van der Waals surface area contributed by atoms with E-state index in [0.29, 0.717) is 0 Å². The summed E-state index contributed by atoms with van der Waals surface area (Å²) in [7, 11) is 1.95. The quantitative estimate of drug-likeness (QED) is 0.903. The Balaban J connectivity index is 2.12. The molecule has 0 fully saturated rings. The van der Waals surface area contributed by atoms with Gasteiger partial charge in [-0.2, -0.15) is 0 Å². The molecular formula is C12H13ClN2S. The minimum atomic E-state index is 0.246. The first kappa shape index (κ1) is 11.6. The van der Waals surface area contributed by atoms with Crippen molar-refractivity contribution in [2.75, 3.05) is 7.05 Å². The van der Waals surface area contributed by atoms with Crippen LogP contribution in [0.2, 0.25) is 4.34 Å². The molecule has 1 N–H and O–H groups in total. The van der Waals surface area contributed by atoms with Gasteiger partial charge < -0.3 is 5.32 Å². The number of nitrogens with zero attached hydrogens (tertiary/aromatic N) is 1. The Morgan fingerprint density at radius 3 is 2.81 bits per heavy atom. The van der Waals surface area contributed by atoms with Crippen molar-refractivity contribution in [3.63, 3.8) is 0 Å². The van der Waals surface area contributed by atoms with Crippen LogP contribution in [0.15, 0.2) is 36.5 Å². The molecule has 0 amide bonds. The van der Waals surface area contributed by atoms with Gasteiger partial charge in [0, 0.05) is 17.5 Å². The van der Waals surface area contributed by atoms with Gasteiger partial charge in [0.25, 0.3) is 0 Å². The van der Waals surface area contributed by atoms with E-state index >= 15 is 0 Å². The molecule has 0 spiro atoms. The lowest BCUT2D eigenvalue weighted by molar-refractivity contribution is 0.580. The van der Waals surface area contributed by atoms with Crippen molar-refractivity contribution >= 4 is 22.9 Å². The van der Waals surface area contributed by atoms with Crippen LogP contribution in [0.25, 0.3) is 0 Å². The molecule has 0 saturated heterocycles. The third-order valence-electron chi connectivity index (χ3n) is 2.43. The maximum Gasteiger partial charge on any atom is 0.0931 e. The highest BCUT2D eigenvalue weighted by Gasteiger charge is 2.12. The lowest BCUT2D eigenvalue weighted by atomic mass is 10.1. The van der Waals surface area contributed by atoms with Gasteiger partial charge in [0.05, 0.1) is 16.1 Å². The maximum absolute atomic E-state index is 5.92. The fourth-order valence-electron chi connectivity index (χ4n) is 1.60. The van der Waals surface area contributed by atoms with Crippen molar-refractivity contribution in [1.82, 2.24) is 10.3 Å². The summed E-state index contributed by atoms with van der Waals surface area (Å²) in [5.74, 6) is 0. The van der Waals surface area contributed by atoms with Crippen molar-refractivity contribution in [2.45, 2.75) is 12.5 Å². The fourth-order valence-corrected chi connectivity index (χ4v) is 2.73. The van der Waals surface area contributed by atoms with Gasteiger partial charge in [0.1, 0.15) is 0 Å². The number of hydrogen-bond acceptors (Lipinski definition) is 3. The first-order valence-corrected chi connectivity index (χ1v) is 6.31. The monoisotopic (exact) mass is 252 g/mol. The Morgan fingerprint density at radius 2 is 2.25 bits per heavy atom. The summed E-state index contributed by atoms with van der Waals surface area (Å²) >= 11 is 7.54. The van der Waals surface area contributed by atoms with Gasteiger partial charge in [-0.25, -0.2) is 0 Å².